The van der Waals surface area contributed by atoms with Gasteiger partial charge in [-0.05, 0) is 45.2 Å². The van der Waals surface area contributed by atoms with Crippen LogP contribution in [0.25, 0.3) is 0 Å². The minimum absolute atomic E-state index is 0.0542. The Morgan fingerprint density at radius 2 is 2.00 bits per heavy atom. The van der Waals surface area contributed by atoms with E-state index in [4.69, 9.17) is 14.2 Å². The average Bonchev–Trinajstić information content (AvgIpc) is 2.46. The van der Waals surface area contributed by atoms with E-state index in [-0.39, 0.29) is 17.7 Å². The number of methoxy groups -OCH3 is 2. The predicted molar refractivity (Wildman–Crippen MR) is 89.4 cm³/mol. The molecule has 0 radical (unpaired) electrons. The highest BCUT2D eigenvalue weighted by Crippen LogP contribution is 2.33. The summed E-state index contributed by atoms with van der Waals surface area (Å²) in [7, 11) is 3.23. The van der Waals surface area contributed by atoms with Crippen LogP contribution in [0.4, 0.5) is 10.5 Å². The van der Waals surface area contributed by atoms with Crippen LogP contribution in [0, 0.1) is 0 Å². The van der Waals surface area contributed by atoms with E-state index in [9.17, 15) is 4.79 Å². The number of hydrogen-bond donors (Lipinski definition) is 2. The minimum Gasteiger partial charge on any atom is -0.493 e. The third-order valence-corrected chi connectivity index (χ3v) is 3.89. The van der Waals surface area contributed by atoms with Crippen molar-refractivity contribution in [1.82, 2.24) is 5.32 Å². The molecule has 1 aromatic rings. The third-order valence-electron chi connectivity index (χ3n) is 3.89. The second-order valence-corrected chi connectivity index (χ2v) is 6.18. The van der Waals surface area contributed by atoms with Crippen LogP contribution < -0.4 is 20.1 Å². The number of carbonyl (C=O) groups excluding carboxylic acids is 1. The van der Waals surface area contributed by atoms with Gasteiger partial charge in [0.25, 0.3) is 0 Å². The topological polar surface area (TPSA) is 68.8 Å². The summed E-state index contributed by atoms with van der Waals surface area (Å²) >= 11 is 0. The van der Waals surface area contributed by atoms with E-state index in [1.165, 1.54) is 0 Å². The number of hydrogen-bond acceptors (Lipinski definition) is 4. The van der Waals surface area contributed by atoms with Crippen LogP contribution in [0.5, 0.6) is 11.5 Å². The lowest BCUT2D eigenvalue weighted by Crippen LogP contribution is -2.57. The maximum absolute atomic E-state index is 12.2. The number of carbonyl (C=O) groups is 1. The quantitative estimate of drug-likeness (QED) is 0.809. The number of amides is 2. The van der Waals surface area contributed by atoms with Crippen molar-refractivity contribution in [2.75, 3.05) is 26.1 Å². The van der Waals surface area contributed by atoms with Crippen LogP contribution in [0.15, 0.2) is 18.2 Å². The monoisotopic (exact) mass is 322 g/mol. The van der Waals surface area contributed by atoms with Crippen LogP contribution in [0.1, 0.15) is 33.1 Å². The average molecular weight is 322 g/mol. The fraction of sp³-hybridized carbons (Fsp3) is 0.588. The molecular weight excluding hydrogens is 296 g/mol. The Hall–Kier alpha value is -1.95. The molecule has 0 heterocycles. The van der Waals surface area contributed by atoms with Gasteiger partial charge in [-0.25, -0.2) is 4.79 Å². The molecule has 23 heavy (non-hydrogen) atoms. The maximum atomic E-state index is 12.2. The Morgan fingerprint density at radius 3 is 2.52 bits per heavy atom. The Kier molecular flexibility index (Phi) is 5.71. The third kappa shape index (κ3) is 4.51. The SMILES string of the molecule is COCC1(NC(=O)Nc2ccc(OC(C)C)c(OC)c2)CCC1. The summed E-state index contributed by atoms with van der Waals surface area (Å²) in [6.07, 6.45) is 3.05. The number of rotatable bonds is 7. The first-order valence-corrected chi connectivity index (χ1v) is 7.91. The van der Waals surface area contributed by atoms with Crippen molar-refractivity contribution < 1.29 is 19.0 Å². The normalized spacial score (nSPS) is 15.7. The summed E-state index contributed by atoms with van der Waals surface area (Å²) in [5.41, 5.74) is 0.422. The molecule has 0 atom stereocenters. The van der Waals surface area contributed by atoms with Gasteiger partial charge < -0.3 is 24.8 Å². The predicted octanol–water partition coefficient (Wildman–Crippen LogP) is 3.17. The first-order valence-electron chi connectivity index (χ1n) is 7.91. The first kappa shape index (κ1) is 17.4. The summed E-state index contributed by atoms with van der Waals surface area (Å²) < 4.78 is 16.2. The summed E-state index contributed by atoms with van der Waals surface area (Å²) in [6, 6.07) is 5.11. The van der Waals surface area contributed by atoms with Gasteiger partial charge in [0.1, 0.15) is 0 Å². The van der Waals surface area contributed by atoms with Crippen molar-refractivity contribution in [2.24, 2.45) is 0 Å². The Bertz CT molecular complexity index is 541. The van der Waals surface area contributed by atoms with Crippen LogP contribution in [0.3, 0.4) is 0 Å². The van der Waals surface area contributed by atoms with Crippen molar-refractivity contribution in [3.8, 4) is 11.5 Å². The molecule has 1 aromatic carbocycles. The molecule has 128 valence electrons. The molecule has 2 N–H and O–H groups in total. The number of benzene rings is 1. The van der Waals surface area contributed by atoms with Crippen molar-refractivity contribution in [1.29, 1.82) is 0 Å². The number of nitrogens with one attached hydrogen (secondary N) is 2. The highest BCUT2D eigenvalue weighted by Gasteiger charge is 2.38. The van der Waals surface area contributed by atoms with Crippen LogP contribution in [0.2, 0.25) is 0 Å². The van der Waals surface area contributed by atoms with Gasteiger partial charge in [-0.3, -0.25) is 0 Å². The van der Waals surface area contributed by atoms with E-state index in [2.05, 4.69) is 10.6 Å². The molecule has 1 aliphatic rings. The zero-order chi connectivity index (χ0) is 16.9. The van der Waals surface area contributed by atoms with E-state index in [0.717, 1.165) is 19.3 Å². The smallest absolute Gasteiger partial charge is 0.319 e. The maximum Gasteiger partial charge on any atom is 0.319 e. The van der Waals surface area contributed by atoms with E-state index in [0.29, 0.717) is 23.8 Å². The number of anilines is 1. The molecule has 0 bridgehead atoms. The second-order valence-electron chi connectivity index (χ2n) is 6.18. The van der Waals surface area contributed by atoms with E-state index in [1.807, 2.05) is 13.8 Å². The number of ether oxygens (including phenoxy) is 3. The van der Waals surface area contributed by atoms with E-state index >= 15 is 0 Å². The lowest BCUT2D eigenvalue weighted by atomic mass is 9.77. The van der Waals surface area contributed by atoms with Crippen LogP contribution in [-0.2, 0) is 4.74 Å². The Labute approximate surface area is 137 Å². The second kappa shape index (κ2) is 7.55. The zero-order valence-corrected chi connectivity index (χ0v) is 14.3. The largest absolute Gasteiger partial charge is 0.493 e. The van der Waals surface area contributed by atoms with Gasteiger partial charge in [0.2, 0.25) is 0 Å². The Balaban J connectivity index is 2.00. The highest BCUT2D eigenvalue weighted by molar-refractivity contribution is 5.90. The lowest BCUT2D eigenvalue weighted by molar-refractivity contribution is 0.0648. The zero-order valence-electron chi connectivity index (χ0n) is 14.3. The molecule has 2 rings (SSSR count). The van der Waals surface area contributed by atoms with Crippen molar-refractivity contribution in [3.05, 3.63) is 18.2 Å². The van der Waals surface area contributed by atoms with Gasteiger partial charge in [0.05, 0.1) is 25.4 Å². The summed E-state index contributed by atoms with van der Waals surface area (Å²) in [6.45, 7) is 4.44. The molecule has 1 fully saturated rings. The fourth-order valence-electron chi connectivity index (χ4n) is 2.69. The van der Waals surface area contributed by atoms with Crippen molar-refractivity contribution >= 4 is 11.7 Å². The van der Waals surface area contributed by atoms with Crippen molar-refractivity contribution in [2.45, 2.75) is 44.8 Å². The summed E-state index contributed by atoms with van der Waals surface area (Å²) in [4.78, 5) is 12.2. The van der Waals surface area contributed by atoms with Gasteiger partial charge in [-0.15, -0.1) is 0 Å². The summed E-state index contributed by atoms with van der Waals surface area (Å²) in [5.74, 6) is 1.25. The van der Waals surface area contributed by atoms with Gasteiger partial charge in [-0.1, -0.05) is 0 Å². The molecule has 0 aromatic heterocycles. The first-order chi connectivity index (χ1) is 11.0. The molecule has 0 saturated heterocycles. The molecule has 6 heteroatoms. The molecule has 0 spiro atoms. The molecule has 6 nitrogen and oxygen atoms in total. The van der Waals surface area contributed by atoms with Crippen LogP contribution >= 0.6 is 0 Å². The van der Waals surface area contributed by atoms with Crippen LogP contribution in [-0.4, -0.2) is 38.5 Å². The van der Waals surface area contributed by atoms with Gasteiger partial charge in [0.15, 0.2) is 11.5 Å². The molecule has 1 aliphatic carbocycles. The van der Waals surface area contributed by atoms with E-state index in [1.54, 1.807) is 32.4 Å². The summed E-state index contributed by atoms with van der Waals surface area (Å²) in [5, 5.41) is 5.85. The lowest BCUT2D eigenvalue weighted by Gasteiger charge is -2.41. The standard InChI is InChI=1S/C17H26N2O4/c1-12(2)23-14-7-6-13(10-15(14)22-4)18-16(20)19-17(11-21-3)8-5-9-17/h6-7,10,12H,5,8-9,11H2,1-4H3,(H2,18,19,20). The molecular formula is C17H26N2O4. The van der Waals surface area contributed by atoms with Gasteiger partial charge in [0, 0.05) is 18.9 Å². The highest BCUT2D eigenvalue weighted by atomic mass is 16.5. The van der Waals surface area contributed by atoms with E-state index < -0.39 is 0 Å². The molecule has 0 unspecified atom stereocenters. The fourth-order valence-corrected chi connectivity index (χ4v) is 2.69. The minimum atomic E-state index is -0.235. The molecule has 2 amide bonds. The number of urea groups is 1. The Morgan fingerprint density at radius 1 is 1.26 bits per heavy atom. The molecule has 0 aliphatic heterocycles. The van der Waals surface area contributed by atoms with Gasteiger partial charge >= 0.3 is 6.03 Å². The molecule has 1 saturated carbocycles. The van der Waals surface area contributed by atoms with Gasteiger partial charge in [-0.2, -0.15) is 0 Å². The van der Waals surface area contributed by atoms with Crippen molar-refractivity contribution in [3.63, 3.8) is 0 Å².